The molecule has 8 heteroatoms. The van der Waals surface area contributed by atoms with Gasteiger partial charge in [-0.05, 0) is 35.4 Å². The molecule has 0 saturated carbocycles. The highest BCUT2D eigenvalue weighted by Crippen LogP contribution is 2.23. The number of nitriles is 1. The Morgan fingerprint density at radius 1 is 1.09 bits per heavy atom. The summed E-state index contributed by atoms with van der Waals surface area (Å²) in [5.41, 5.74) is 4.47. The molecule has 170 valence electrons. The van der Waals surface area contributed by atoms with Crippen LogP contribution in [0.15, 0.2) is 60.9 Å². The number of carbonyl (C=O) groups excluding carboxylic acids is 1. The lowest BCUT2D eigenvalue weighted by molar-refractivity contribution is 0.143. The second kappa shape index (κ2) is 9.73. The number of carbonyl (C=O) groups is 1. The molecule has 34 heavy (non-hydrogen) atoms. The molecule has 1 aromatic carbocycles. The van der Waals surface area contributed by atoms with Crippen LogP contribution in [-0.4, -0.2) is 52.0 Å². The Hall–Kier alpha value is -4.22. The molecule has 0 atom stereocenters. The molecule has 0 spiro atoms. The summed E-state index contributed by atoms with van der Waals surface area (Å²) in [5, 5.41) is 11.9. The number of anilines is 1. The zero-order valence-electron chi connectivity index (χ0n) is 18.6. The maximum atomic E-state index is 12.7. The fourth-order valence-electron chi connectivity index (χ4n) is 4.10. The molecule has 1 saturated heterocycles. The van der Waals surface area contributed by atoms with Crippen molar-refractivity contribution in [1.82, 2.24) is 19.8 Å². The standard InChI is InChI=1S/C26H24N6O2/c27-15-20-7-8-25(29-16-20)34-23-5-1-3-19(13-23)18-31-9-11-32(12-10-31)26(33)30-22-14-21-4-2-6-24(21)28-17-22/h1-5,7-8,13-14,16-17H,6,9-12,18H2,(H,30,33). The summed E-state index contributed by atoms with van der Waals surface area (Å²) < 4.78 is 5.83. The van der Waals surface area contributed by atoms with E-state index in [9.17, 15) is 4.79 Å². The van der Waals surface area contributed by atoms with E-state index in [1.165, 1.54) is 6.20 Å². The van der Waals surface area contributed by atoms with E-state index < -0.39 is 0 Å². The number of urea groups is 1. The van der Waals surface area contributed by atoms with Gasteiger partial charge in [-0.1, -0.05) is 24.3 Å². The summed E-state index contributed by atoms with van der Waals surface area (Å²) in [5.74, 6) is 1.15. The first-order valence-electron chi connectivity index (χ1n) is 11.2. The quantitative estimate of drug-likeness (QED) is 0.627. The van der Waals surface area contributed by atoms with E-state index in [-0.39, 0.29) is 6.03 Å². The predicted octanol–water partition coefficient (Wildman–Crippen LogP) is 4.06. The smallest absolute Gasteiger partial charge is 0.321 e. The Bertz CT molecular complexity index is 1260. The monoisotopic (exact) mass is 452 g/mol. The Labute approximate surface area is 198 Å². The van der Waals surface area contributed by atoms with Gasteiger partial charge in [0.1, 0.15) is 11.8 Å². The molecule has 3 aromatic rings. The number of fused-ring (bicyclic) bond motifs is 1. The minimum atomic E-state index is -0.0892. The van der Waals surface area contributed by atoms with Crippen molar-refractivity contribution in [3.05, 3.63) is 83.3 Å². The zero-order valence-corrected chi connectivity index (χ0v) is 18.6. The summed E-state index contributed by atoms with van der Waals surface area (Å²) >= 11 is 0. The molecule has 5 rings (SSSR count). The molecular weight excluding hydrogens is 428 g/mol. The number of ether oxygens (including phenoxy) is 1. The van der Waals surface area contributed by atoms with Gasteiger partial charge < -0.3 is 15.0 Å². The van der Waals surface area contributed by atoms with E-state index in [2.05, 4.69) is 32.3 Å². The summed E-state index contributed by atoms with van der Waals surface area (Å²) in [6, 6.07) is 15.2. The van der Waals surface area contributed by atoms with E-state index >= 15 is 0 Å². The Morgan fingerprint density at radius 2 is 1.97 bits per heavy atom. The zero-order chi connectivity index (χ0) is 23.3. The van der Waals surface area contributed by atoms with E-state index in [1.807, 2.05) is 41.3 Å². The van der Waals surface area contributed by atoms with Gasteiger partial charge in [-0.25, -0.2) is 9.78 Å². The van der Waals surface area contributed by atoms with Crippen LogP contribution in [-0.2, 0) is 13.0 Å². The number of hydrogen-bond donors (Lipinski definition) is 1. The fraction of sp³-hybridized carbons (Fsp3) is 0.231. The van der Waals surface area contributed by atoms with Gasteiger partial charge in [-0.2, -0.15) is 5.26 Å². The first kappa shape index (κ1) is 21.6. The largest absolute Gasteiger partial charge is 0.439 e. The van der Waals surface area contributed by atoms with Crippen molar-refractivity contribution in [2.75, 3.05) is 31.5 Å². The summed E-state index contributed by atoms with van der Waals surface area (Å²) in [6.07, 6.45) is 8.19. The Balaban J connectivity index is 1.12. The molecule has 0 bridgehead atoms. The Morgan fingerprint density at radius 3 is 2.76 bits per heavy atom. The molecule has 1 aliphatic carbocycles. The van der Waals surface area contributed by atoms with Crippen molar-refractivity contribution < 1.29 is 9.53 Å². The number of nitrogens with zero attached hydrogens (tertiary/aromatic N) is 5. The van der Waals surface area contributed by atoms with Gasteiger partial charge in [0.25, 0.3) is 0 Å². The van der Waals surface area contributed by atoms with Gasteiger partial charge in [-0.3, -0.25) is 9.88 Å². The van der Waals surface area contributed by atoms with Crippen LogP contribution in [0.25, 0.3) is 6.08 Å². The molecule has 1 aliphatic heterocycles. The predicted molar refractivity (Wildman–Crippen MR) is 128 cm³/mol. The summed E-state index contributed by atoms with van der Waals surface area (Å²) in [4.78, 5) is 25.5. The molecule has 0 radical (unpaired) electrons. The van der Waals surface area contributed by atoms with Gasteiger partial charge in [0.05, 0.1) is 23.1 Å². The SMILES string of the molecule is N#Cc1ccc(Oc2cccc(CN3CCN(C(=O)Nc4cnc5c(c4)C=CC5)CC3)c2)nc1. The third-order valence-electron chi connectivity index (χ3n) is 5.92. The number of rotatable bonds is 5. The number of benzene rings is 1. The lowest BCUT2D eigenvalue weighted by Crippen LogP contribution is -2.49. The van der Waals surface area contributed by atoms with Crippen LogP contribution in [0.2, 0.25) is 0 Å². The van der Waals surface area contributed by atoms with Crippen molar-refractivity contribution in [2.45, 2.75) is 13.0 Å². The van der Waals surface area contributed by atoms with Crippen LogP contribution in [0.1, 0.15) is 22.4 Å². The van der Waals surface area contributed by atoms with Crippen LogP contribution in [0.4, 0.5) is 10.5 Å². The number of pyridine rings is 2. The molecule has 3 heterocycles. The van der Waals surface area contributed by atoms with Gasteiger partial charge in [-0.15, -0.1) is 0 Å². The number of amides is 2. The first-order chi connectivity index (χ1) is 16.7. The molecule has 1 fully saturated rings. The van der Waals surface area contributed by atoms with E-state index in [0.29, 0.717) is 30.3 Å². The van der Waals surface area contributed by atoms with Gasteiger partial charge >= 0.3 is 6.03 Å². The van der Waals surface area contributed by atoms with Gasteiger partial charge in [0, 0.05) is 51.4 Å². The minimum Gasteiger partial charge on any atom is -0.439 e. The van der Waals surface area contributed by atoms with Crippen LogP contribution < -0.4 is 10.1 Å². The number of nitrogens with one attached hydrogen (secondary N) is 1. The highest BCUT2D eigenvalue weighted by atomic mass is 16.5. The first-order valence-corrected chi connectivity index (χ1v) is 11.2. The lowest BCUT2D eigenvalue weighted by Gasteiger charge is -2.34. The van der Waals surface area contributed by atoms with Crippen molar-refractivity contribution in [3.8, 4) is 17.7 Å². The highest BCUT2D eigenvalue weighted by molar-refractivity contribution is 5.89. The number of hydrogen-bond acceptors (Lipinski definition) is 6. The maximum absolute atomic E-state index is 12.7. The minimum absolute atomic E-state index is 0.0892. The van der Waals surface area contributed by atoms with Crippen LogP contribution in [0, 0.1) is 11.3 Å². The van der Waals surface area contributed by atoms with Crippen LogP contribution in [0.5, 0.6) is 11.6 Å². The summed E-state index contributed by atoms with van der Waals surface area (Å²) in [6.45, 7) is 3.68. The summed E-state index contributed by atoms with van der Waals surface area (Å²) in [7, 11) is 0. The molecule has 0 unspecified atom stereocenters. The second-order valence-electron chi connectivity index (χ2n) is 8.31. The number of aromatic nitrogens is 2. The molecule has 8 nitrogen and oxygen atoms in total. The fourth-order valence-corrected chi connectivity index (χ4v) is 4.10. The molecule has 2 aromatic heterocycles. The highest BCUT2D eigenvalue weighted by Gasteiger charge is 2.22. The van der Waals surface area contributed by atoms with Gasteiger partial charge in [0.15, 0.2) is 0 Å². The third-order valence-corrected chi connectivity index (χ3v) is 5.92. The average molecular weight is 453 g/mol. The number of piperazine rings is 1. The normalized spacial score (nSPS) is 15.0. The van der Waals surface area contributed by atoms with Crippen LogP contribution >= 0.6 is 0 Å². The van der Waals surface area contributed by atoms with E-state index in [0.717, 1.165) is 48.6 Å². The van der Waals surface area contributed by atoms with E-state index in [4.69, 9.17) is 10.00 Å². The van der Waals surface area contributed by atoms with Crippen molar-refractivity contribution >= 4 is 17.8 Å². The lowest BCUT2D eigenvalue weighted by atomic mass is 10.2. The average Bonchev–Trinajstić information content (AvgIpc) is 3.33. The topological polar surface area (TPSA) is 94.4 Å². The molecule has 2 amide bonds. The number of allylic oxidation sites excluding steroid dienone is 1. The Kier molecular flexibility index (Phi) is 6.19. The van der Waals surface area contributed by atoms with Crippen molar-refractivity contribution in [2.24, 2.45) is 0 Å². The molecule has 1 N–H and O–H groups in total. The van der Waals surface area contributed by atoms with Gasteiger partial charge in [0.2, 0.25) is 5.88 Å². The van der Waals surface area contributed by atoms with E-state index in [1.54, 1.807) is 18.3 Å². The third kappa shape index (κ3) is 5.05. The molecular formula is C26H24N6O2. The molecule has 2 aliphatic rings. The van der Waals surface area contributed by atoms with Crippen molar-refractivity contribution in [3.63, 3.8) is 0 Å². The van der Waals surface area contributed by atoms with Crippen LogP contribution in [0.3, 0.4) is 0 Å². The second-order valence-corrected chi connectivity index (χ2v) is 8.31. The maximum Gasteiger partial charge on any atom is 0.321 e. The van der Waals surface area contributed by atoms with Crippen molar-refractivity contribution in [1.29, 1.82) is 5.26 Å².